The van der Waals surface area contributed by atoms with Crippen LogP contribution in [0.15, 0.2) is 24.3 Å². The molecule has 7 nitrogen and oxygen atoms in total. The van der Waals surface area contributed by atoms with E-state index in [9.17, 15) is 9.59 Å². The van der Waals surface area contributed by atoms with Crippen molar-refractivity contribution in [3.8, 4) is 5.75 Å². The van der Waals surface area contributed by atoms with Crippen LogP contribution in [0.1, 0.15) is 0 Å². The van der Waals surface area contributed by atoms with Gasteiger partial charge in [0.2, 0.25) is 0 Å². The van der Waals surface area contributed by atoms with E-state index in [1.54, 1.807) is 24.3 Å². The van der Waals surface area contributed by atoms with E-state index in [1.165, 1.54) is 26.2 Å². The first kappa shape index (κ1) is 17.9. The second-order valence-electron chi connectivity index (χ2n) is 4.46. The third kappa shape index (κ3) is 5.71. The maximum Gasteiger partial charge on any atom is 0.313 e. The van der Waals surface area contributed by atoms with Gasteiger partial charge in [0, 0.05) is 39.1 Å². The average molecular weight is 310 g/mol. The zero-order valence-corrected chi connectivity index (χ0v) is 13.1. The van der Waals surface area contributed by atoms with Crippen molar-refractivity contribution in [1.29, 1.82) is 0 Å². The maximum absolute atomic E-state index is 12.2. The highest BCUT2D eigenvalue weighted by Gasteiger charge is 2.21. The molecule has 0 saturated carbocycles. The van der Waals surface area contributed by atoms with Crippen LogP contribution in [-0.4, -0.2) is 64.3 Å². The molecule has 1 aromatic rings. The number of methoxy groups -OCH3 is 3. The molecule has 0 atom stereocenters. The minimum absolute atomic E-state index is 0.324. The second-order valence-corrected chi connectivity index (χ2v) is 4.46. The van der Waals surface area contributed by atoms with Gasteiger partial charge in [0.25, 0.3) is 0 Å². The molecule has 7 heteroatoms. The molecule has 0 unspecified atom stereocenters. The minimum atomic E-state index is -0.708. The van der Waals surface area contributed by atoms with Crippen LogP contribution >= 0.6 is 0 Å². The van der Waals surface area contributed by atoms with Crippen LogP contribution in [-0.2, 0) is 19.1 Å². The molecule has 0 aliphatic heterocycles. The van der Waals surface area contributed by atoms with Gasteiger partial charge in [-0.2, -0.15) is 0 Å². The fourth-order valence-electron chi connectivity index (χ4n) is 1.75. The summed E-state index contributed by atoms with van der Waals surface area (Å²) in [4.78, 5) is 25.6. The van der Waals surface area contributed by atoms with Crippen molar-refractivity contribution in [2.75, 3.05) is 52.9 Å². The number of anilines is 1. The summed E-state index contributed by atoms with van der Waals surface area (Å²) < 4.78 is 15.0. The molecule has 0 bridgehead atoms. The lowest BCUT2D eigenvalue weighted by Crippen LogP contribution is -2.43. The molecule has 1 N–H and O–H groups in total. The third-order valence-corrected chi connectivity index (χ3v) is 2.94. The molecular weight excluding hydrogens is 288 g/mol. The second kappa shape index (κ2) is 9.75. The zero-order chi connectivity index (χ0) is 16.4. The smallest absolute Gasteiger partial charge is 0.313 e. The van der Waals surface area contributed by atoms with Gasteiger partial charge in [-0.15, -0.1) is 0 Å². The summed E-state index contributed by atoms with van der Waals surface area (Å²) in [5.41, 5.74) is 0.496. The summed E-state index contributed by atoms with van der Waals surface area (Å²) in [7, 11) is 4.61. The largest absolute Gasteiger partial charge is 0.497 e. The lowest BCUT2D eigenvalue weighted by molar-refractivity contribution is -0.144. The number of rotatable bonds is 8. The topological polar surface area (TPSA) is 77.1 Å². The van der Waals surface area contributed by atoms with Gasteiger partial charge in [0.1, 0.15) is 5.75 Å². The Morgan fingerprint density at radius 2 is 1.73 bits per heavy atom. The van der Waals surface area contributed by atoms with Crippen LogP contribution < -0.4 is 10.1 Å². The zero-order valence-electron chi connectivity index (χ0n) is 13.1. The Balaban J connectivity index is 2.68. The fourth-order valence-corrected chi connectivity index (χ4v) is 1.75. The van der Waals surface area contributed by atoms with Crippen molar-refractivity contribution in [2.24, 2.45) is 0 Å². The summed E-state index contributed by atoms with van der Waals surface area (Å²) in [5, 5.41) is 2.56. The number of hydrogen-bond acceptors (Lipinski definition) is 5. The fraction of sp³-hybridized carbons (Fsp3) is 0.467. The van der Waals surface area contributed by atoms with Crippen molar-refractivity contribution in [3.63, 3.8) is 0 Å². The molecule has 1 rings (SSSR count). The molecular formula is C15H22N2O5. The number of ether oxygens (including phenoxy) is 3. The van der Waals surface area contributed by atoms with Crippen LogP contribution in [0.5, 0.6) is 5.75 Å². The van der Waals surface area contributed by atoms with Crippen molar-refractivity contribution in [1.82, 2.24) is 4.90 Å². The number of hydrogen-bond donors (Lipinski definition) is 1. The Kier molecular flexibility index (Phi) is 7.95. The van der Waals surface area contributed by atoms with E-state index in [1.807, 2.05) is 0 Å². The first-order chi connectivity index (χ1) is 10.6. The molecule has 122 valence electrons. The lowest BCUT2D eigenvalue weighted by atomic mass is 10.3. The quantitative estimate of drug-likeness (QED) is 0.717. The Hall–Kier alpha value is -2.12. The van der Waals surface area contributed by atoms with E-state index in [0.717, 1.165) is 0 Å². The average Bonchev–Trinajstić information content (AvgIpc) is 2.54. The SMILES string of the molecule is COCCN(CCOC)C(=O)C(=O)Nc1cccc(OC)c1. The molecule has 0 aliphatic rings. The Morgan fingerprint density at radius 1 is 1.09 bits per heavy atom. The molecule has 1 aromatic carbocycles. The highest BCUT2D eigenvalue weighted by atomic mass is 16.5. The number of amides is 2. The summed E-state index contributed by atoms with van der Waals surface area (Å²) in [6, 6.07) is 6.80. The van der Waals surface area contributed by atoms with Crippen LogP contribution in [0.25, 0.3) is 0 Å². The highest BCUT2D eigenvalue weighted by molar-refractivity contribution is 6.39. The molecule has 0 spiro atoms. The van der Waals surface area contributed by atoms with Crippen LogP contribution in [0.3, 0.4) is 0 Å². The van der Waals surface area contributed by atoms with Crippen molar-refractivity contribution >= 4 is 17.5 Å². The Labute approximate surface area is 130 Å². The maximum atomic E-state index is 12.2. The van der Waals surface area contributed by atoms with Crippen LogP contribution in [0, 0.1) is 0 Å². The number of nitrogens with zero attached hydrogens (tertiary/aromatic N) is 1. The summed E-state index contributed by atoms with van der Waals surface area (Å²) in [6.45, 7) is 1.35. The van der Waals surface area contributed by atoms with Gasteiger partial charge in [-0.1, -0.05) is 6.07 Å². The number of nitrogens with one attached hydrogen (secondary N) is 1. The molecule has 0 saturated heterocycles. The molecule has 0 aromatic heterocycles. The van der Waals surface area contributed by atoms with Crippen LogP contribution in [0.2, 0.25) is 0 Å². The van der Waals surface area contributed by atoms with Gasteiger partial charge in [-0.25, -0.2) is 0 Å². The van der Waals surface area contributed by atoms with Gasteiger partial charge < -0.3 is 24.4 Å². The molecule has 0 aliphatic carbocycles. The molecule has 0 radical (unpaired) electrons. The van der Waals surface area contributed by atoms with Gasteiger partial charge in [0.15, 0.2) is 0 Å². The molecule has 22 heavy (non-hydrogen) atoms. The summed E-state index contributed by atoms with van der Waals surface area (Å²) >= 11 is 0. The van der Waals surface area contributed by atoms with Gasteiger partial charge in [0.05, 0.1) is 20.3 Å². The van der Waals surface area contributed by atoms with Crippen LogP contribution in [0.4, 0.5) is 5.69 Å². The minimum Gasteiger partial charge on any atom is -0.497 e. The van der Waals surface area contributed by atoms with Crippen molar-refractivity contribution in [3.05, 3.63) is 24.3 Å². The van der Waals surface area contributed by atoms with E-state index in [4.69, 9.17) is 14.2 Å². The first-order valence-corrected chi connectivity index (χ1v) is 6.84. The Bertz CT molecular complexity index is 485. The van der Waals surface area contributed by atoms with Gasteiger partial charge in [-0.05, 0) is 12.1 Å². The molecule has 0 heterocycles. The molecule has 0 fully saturated rings. The summed E-state index contributed by atoms with van der Waals surface area (Å²) in [5.74, 6) is -0.738. The number of carbonyl (C=O) groups is 2. The van der Waals surface area contributed by atoms with Gasteiger partial charge in [-0.3, -0.25) is 9.59 Å². The van der Waals surface area contributed by atoms with E-state index in [0.29, 0.717) is 37.7 Å². The number of carbonyl (C=O) groups excluding carboxylic acids is 2. The molecule has 2 amide bonds. The predicted octanol–water partition coefficient (Wildman–Crippen LogP) is 0.755. The Morgan fingerprint density at radius 3 is 2.27 bits per heavy atom. The summed E-state index contributed by atoms with van der Waals surface area (Å²) in [6.07, 6.45) is 0. The van der Waals surface area contributed by atoms with E-state index >= 15 is 0 Å². The van der Waals surface area contributed by atoms with Gasteiger partial charge >= 0.3 is 11.8 Å². The van der Waals surface area contributed by atoms with Crippen molar-refractivity contribution in [2.45, 2.75) is 0 Å². The van der Waals surface area contributed by atoms with E-state index < -0.39 is 11.8 Å². The first-order valence-electron chi connectivity index (χ1n) is 6.84. The van der Waals surface area contributed by atoms with E-state index in [2.05, 4.69) is 5.32 Å². The lowest BCUT2D eigenvalue weighted by Gasteiger charge is -2.21. The van der Waals surface area contributed by atoms with Crippen molar-refractivity contribution < 1.29 is 23.8 Å². The predicted molar refractivity (Wildman–Crippen MR) is 82.0 cm³/mol. The monoisotopic (exact) mass is 310 g/mol. The third-order valence-electron chi connectivity index (χ3n) is 2.94. The standard InChI is InChI=1S/C15H22N2O5/c1-20-9-7-17(8-10-21-2)15(19)14(18)16-12-5-4-6-13(11-12)22-3/h4-6,11H,7-10H2,1-3H3,(H,16,18). The number of benzene rings is 1. The van der Waals surface area contributed by atoms with E-state index in [-0.39, 0.29) is 0 Å². The highest BCUT2D eigenvalue weighted by Crippen LogP contribution is 2.16. The normalized spacial score (nSPS) is 10.1.